The van der Waals surface area contributed by atoms with Gasteiger partial charge in [-0.25, -0.2) is 14.1 Å². The Morgan fingerprint density at radius 2 is 1.40 bits per heavy atom. The molecule has 1 heterocycles. The highest BCUT2D eigenvalue weighted by atomic mass is 19.1. The van der Waals surface area contributed by atoms with Crippen LogP contribution < -0.4 is 20.5 Å². The molecule has 0 aliphatic rings. The predicted octanol–water partition coefficient (Wildman–Crippen LogP) is 9.28. The summed E-state index contributed by atoms with van der Waals surface area (Å²) in [5.74, 6) is -0.407. The molecule has 10 heteroatoms. The van der Waals surface area contributed by atoms with Crippen LogP contribution in [0.5, 0.6) is 11.5 Å². The van der Waals surface area contributed by atoms with Crippen molar-refractivity contribution in [3.8, 4) is 29.0 Å². The van der Waals surface area contributed by atoms with Crippen LogP contribution in [-0.2, 0) is 5.54 Å². The average Bonchev–Trinajstić information content (AvgIpc) is 3.68. The van der Waals surface area contributed by atoms with Crippen LogP contribution >= 0.6 is 0 Å². The zero-order valence-electron chi connectivity index (χ0n) is 31.8. The molecule has 1 aromatic heterocycles. The standard InChI is InChI=1S/C47H41FN6O3/c1-4-56-37-28-40(42(48)41(29-37)57-31(2)3)43(51-36-26-24-32(30-49)25-27-36)46-52-45(39-23-15-14-22-38(39)44(50)55)53-54(46)47(33-16-8-5-9-17-33,34-18-10-6-11-19-34)35-20-12-7-13-21-35/h5-29,31,43,51H,4H2,1-3H3,(H2,50,55). The number of hydrogen-bond acceptors (Lipinski definition) is 7. The third kappa shape index (κ3) is 7.56. The highest BCUT2D eigenvalue weighted by molar-refractivity contribution is 5.99. The summed E-state index contributed by atoms with van der Waals surface area (Å²) in [4.78, 5) is 18.2. The number of nitrogens with two attached hydrogens (primary N) is 1. The van der Waals surface area contributed by atoms with E-state index in [0.29, 0.717) is 29.2 Å². The Morgan fingerprint density at radius 3 is 1.93 bits per heavy atom. The molecule has 0 bridgehead atoms. The molecule has 9 nitrogen and oxygen atoms in total. The molecule has 0 radical (unpaired) electrons. The first-order chi connectivity index (χ1) is 27.7. The van der Waals surface area contributed by atoms with Gasteiger partial charge >= 0.3 is 0 Å². The van der Waals surface area contributed by atoms with Gasteiger partial charge in [0.1, 0.15) is 17.3 Å². The van der Waals surface area contributed by atoms with Crippen molar-refractivity contribution in [1.82, 2.24) is 14.8 Å². The lowest BCUT2D eigenvalue weighted by atomic mass is 9.77. The first-order valence-electron chi connectivity index (χ1n) is 18.7. The molecule has 6 aromatic carbocycles. The molecular formula is C47H41FN6O3. The lowest BCUT2D eigenvalue weighted by molar-refractivity contribution is 0.100. The summed E-state index contributed by atoms with van der Waals surface area (Å²) in [6.45, 7) is 5.83. The monoisotopic (exact) mass is 756 g/mol. The maximum absolute atomic E-state index is 17.3. The summed E-state index contributed by atoms with van der Waals surface area (Å²) in [6, 6.07) is 47.8. The van der Waals surface area contributed by atoms with Gasteiger partial charge in [0, 0.05) is 22.9 Å². The van der Waals surface area contributed by atoms with Gasteiger partial charge in [0.25, 0.3) is 0 Å². The van der Waals surface area contributed by atoms with Gasteiger partial charge in [0.05, 0.1) is 29.9 Å². The van der Waals surface area contributed by atoms with Crippen LogP contribution in [0.4, 0.5) is 10.1 Å². The topological polar surface area (TPSA) is 128 Å². The van der Waals surface area contributed by atoms with Gasteiger partial charge in [0.15, 0.2) is 23.2 Å². The average molecular weight is 757 g/mol. The number of primary amides is 1. The number of carbonyl (C=O) groups is 1. The van der Waals surface area contributed by atoms with E-state index in [1.54, 1.807) is 60.7 Å². The van der Waals surface area contributed by atoms with Gasteiger partial charge in [-0.1, -0.05) is 109 Å². The van der Waals surface area contributed by atoms with Crippen molar-refractivity contribution < 1.29 is 18.7 Å². The van der Waals surface area contributed by atoms with Crippen LogP contribution in [0, 0.1) is 17.1 Å². The van der Waals surface area contributed by atoms with Gasteiger partial charge in [0.2, 0.25) is 5.91 Å². The fourth-order valence-corrected chi connectivity index (χ4v) is 7.15. The third-order valence-corrected chi connectivity index (χ3v) is 9.57. The predicted molar refractivity (Wildman–Crippen MR) is 219 cm³/mol. The number of ether oxygens (including phenoxy) is 2. The Bertz CT molecular complexity index is 2420. The summed E-state index contributed by atoms with van der Waals surface area (Å²) < 4.78 is 31.2. The van der Waals surface area contributed by atoms with Crippen molar-refractivity contribution in [2.75, 3.05) is 11.9 Å². The fraction of sp³-hybridized carbons (Fsp3) is 0.149. The second-order valence-corrected chi connectivity index (χ2v) is 13.6. The maximum atomic E-state index is 17.3. The molecule has 7 aromatic rings. The van der Waals surface area contributed by atoms with Gasteiger partial charge in [-0.15, -0.1) is 5.10 Å². The lowest BCUT2D eigenvalue weighted by Gasteiger charge is -2.38. The molecule has 1 unspecified atom stereocenters. The largest absolute Gasteiger partial charge is 0.494 e. The Labute approximate surface area is 331 Å². The minimum absolute atomic E-state index is 0.00313. The van der Waals surface area contributed by atoms with Crippen LogP contribution in [0.25, 0.3) is 11.4 Å². The van der Waals surface area contributed by atoms with E-state index in [1.165, 1.54) is 0 Å². The molecule has 1 amide bonds. The van der Waals surface area contributed by atoms with Crippen molar-refractivity contribution in [1.29, 1.82) is 5.26 Å². The van der Waals surface area contributed by atoms with Crippen LogP contribution in [-0.4, -0.2) is 33.4 Å². The number of aromatic nitrogens is 3. The first-order valence-corrected chi connectivity index (χ1v) is 18.7. The second-order valence-electron chi connectivity index (χ2n) is 13.6. The number of amides is 1. The Hall–Kier alpha value is -7.25. The minimum atomic E-state index is -1.22. The van der Waals surface area contributed by atoms with E-state index in [4.69, 9.17) is 25.3 Å². The molecule has 0 fully saturated rings. The summed E-state index contributed by atoms with van der Waals surface area (Å²) in [5.41, 5.74) is 9.05. The molecule has 3 N–H and O–H groups in total. The molecule has 0 aliphatic carbocycles. The van der Waals surface area contributed by atoms with Gasteiger partial charge in [-0.05, 0) is 73.9 Å². The van der Waals surface area contributed by atoms with Crippen LogP contribution in [0.2, 0.25) is 0 Å². The zero-order valence-corrected chi connectivity index (χ0v) is 31.8. The van der Waals surface area contributed by atoms with Crippen molar-refractivity contribution >= 4 is 11.6 Å². The maximum Gasteiger partial charge on any atom is 0.249 e. The molecule has 0 saturated heterocycles. The number of halogens is 1. The number of nitriles is 1. The number of carbonyl (C=O) groups excluding carboxylic acids is 1. The third-order valence-electron chi connectivity index (χ3n) is 9.57. The number of rotatable bonds is 14. The molecule has 57 heavy (non-hydrogen) atoms. The van der Waals surface area contributed by atoms with E-state index < -0.39 is 23.3 Å². The molecule has 0 spiro atoms. The Morgan fingerprint density at radius 1 is 0.842 bits per heavy atom. The van der Waals surface area contributed by atoms with E-state index in [0.717, 1.165) is 16.7 Å². The van der Waals surface area contributed by atoms with Gasteiger partial charge in [-0.3, -0.25) is 4.79 Å². The summed E-state index contributed by atoms with van der Waals surface area (Å²) in [5, 5.41) is 18.5. The molecular weight excluding hydrogens is 716 g/mol. The number of nitrogens with zero attached hydrogens (tertiary/aromatic N) is 4. The number of hydrogen-bond donors (Lipinski definition) is 2. The highest BCUT2D eigenvalue weighted by Crippen LogP contribution is 2.45. The van der Waals surface area contributed by atoms with Crippen LogP contribution in [0.3, 0.4) is 0 Å². The Balaban J connectivity index is 1.65. The number of anilines is 1. The zero-order chi connectivity index (χ0) is 39.9. The second kappa shape index (κ2) is 16.6. The smallest absolute Gasteiger partial charge is 0.249 e. The van der Waals surface area contributed by atoms with Gasteiger partial charge in [-0.2, -0.15) is 5.26 Å². The number of nitrogens with one attached hydrogen (secondary N) is 1. The van der Waals surface area contributed by atoms with E-state index >= 15 is 4.39 Å². The van der Waals surface area contributed by atoms with E-state index in [2.05, 4.69) is 11.4 Å². The Kier molecular flexibility index (Phi) is 11.1. The molecule has 0 saturated carbocycles. The molecule has 1 atom stereocenters. The molecule has 284 valence electrons. The summed E-state index contributed by atoms with van der Waals surface area (Å²) >= 11 is 0. The lowest BCUT2D eigenvalue weighted by Crippen LogP contribution is -2.41. The van der Waals surface area contributed by atoms with E-state index in [9.17, 15) is 10.1 Å². The molecule has 0 aliphatic heterocycles. The van der Waals surface area contributed by atoms with Crippen LogP contribution in [0.15, 0.2) is 152 Å². The van der Waals surface area contributed by atoms with Crippen molar-refractivity contribution in [3.05, 3.63) is 197 Å². The summed E-state index contributed by atoms with van der Waals surface area (Å²) in [7, 11) is 0. The van der Waals surface area contributed by atoms with E-state index in [-0.39, 0.29) is 34.6 Å². The van der Waals surface area contributed by atoms with Gasteiger partial charge < -0.3 is 20.5 Å². The van der Waals surface area contributed by atoms with E-state index in [1.807, 2.05) is 116 Å². The summed E-state index contributed by atoms with van der Waals surface area (Å²) in [6.07, 6.45) is -0.350. The van der Waals surface area contributed by atoms with Crippen molar-refractivity contribution in [3.63, 3.8) is 0 Å². The highest BCUT2D eigenvalue weighted by Gasteiger charge is 2.44. The normalized spacial score (nSPS) is 11.8. The fourth-order valence-electron chi connectivity index (χ4n) is 7.15. The molecule has 7 rings (SSSR count). The quantitative estimate of drug-likeness (QED) is 0.106. The minimum Gasteiger partial charge on any atom is -0.494 e. The van der Waals surface area contributed by atoms with Crippen molar-refractivity contribution in [2.45, 2.75) is 38.5 Å². The first kappa shape index (κ1) is 38.0. The number of benzene rings is 6. The van der Waals surface area contributed by atoms with Crippen LogP contribution in [0.1, 0.15) is 70.8 Å². The SMILES string of the molecule is CCOc1cc(OC(C)C)c(F)c(C(Nc2ccc(C#N)cc2)c2nc(-c3ccccc3C(N)=O)nn2C(c2ccccc2)(c2ccccc2)c2ccccc2)c1. The van der Waals surface area contributed by atoms with Crippen molar-refractivity contribution in [2.24, 2.45) is 5.73 Å².